The van der Waals surface area contributed by atoms with Gasteiger partial charge in [-0.25, -0.2) is 14.2 Å². The van der Waals surface area contributed by atoms with Crippen molar-refractivity contribution in [3.05, 3.63) is 76.5 Å². The van der Waals surface area contributed by atoms with Gasteiger partial charge in [0.15, 0.2) is 5.82 Å². The molecule has 1 amide bonds. The fourth-order valence-electron chi connectivity index (χ4n) is 5.48. The van der Waals surface area contributed by atoms with Crippen LogP contribution in [0.3, 0.4) is 0 Å². The van der Waals surface area contributed by atoms with Crippen molar-refractivity contribution >= 4 is 17.1 Å². The molecule has 1 aliphatic rings. The van der Waals surface area contributed by atoms with Gasteiger partial charge in [0, 0.05) is 24.5 Å². The molecule has 1 saturated heterocycles. The Balaban J connectivity index is 1.14. The summed E-state index contributed by atoms with van der Waals surface area (Å²) in [6, 6.07) is 17.2. The number of hydrogen-bond donors (Lipinski definition) is 1. The molecule has 0 radical (unpaired) electrons. The summed E-state index contributed by atoms with van der Waals surface area (Å²) in [5.41, 5.74) is 2.03. The van der Waals surface area contributed by atoms with Crippen LogP contribution in [0.4, 0.5) is 4.79 Å². The topological polar surface area (TPSA) is 103 Å². The number of carbonyl (C=O) groups is 1. The number of imidazole rings is 1. The van der Waals surface area contributed by atoms with Crippen LogP contribution in [-0.4, -0.2) is 66.5 Å². The molecule has 0 aliphatic carbocycles. The summed E-state index contributed by atoms with van der Waals surface area (Å²) < 4.78 is 2.94. The van der Waals surface area contributed by atoms with E-state index in [2.05, 4.69) is 51.6 Å². The number of amides is 1. The van der Waals surface area contributed by atoms with Gasteiger partial charge in [-0.2, -0.15) is 4.80 Å². The van der Waals surface area contributed by atoms with Gasteiger partial charge in [0.25, 0.3) is 0 Å². The number of likely N-dealkylation sites (tertiary alicyclic amines) is 1. The number of piperidine rings is 1. The SMILES string of the molecule is CC(C)n1c(=O)n(C(=O)NCC2CCN(CC(C)(C)c3nnn(Cc4ccccc4)n3)CC2)c2ccccc21. The maximum absolute atomic E-state index is 13.1. The molecule has 2 aromatic carbocycles. The molecule has 10 heteroatoms. The van der Waals surface area contributed by atoms with E-state index in [1.54, 1.807) is 9.36 Å². The fraction of sp³-hybridized carbons (Fsp3) is 0.483. The number of aromatic nitrogens is 6. The van der Waals surface area contributed by atoms with Crippen molar-refractivity contribution in [3.63, 3.8) is 0 Å². The van der Waals surface area contributed by atoms with Crippen LogP contribution < -0.4 is 11.0 Å². The molecule has 0 bridgehead atoms. The summed E-state index contributed by atoms with van der Waals surface area (Å²) in [4.78, 5) is 30.2. The molecular formula is C29H38N8O2. The Morgan fingerprint density at radius 1 is 1.03 bits per heavy atom. The number of nitrogens with zero attached hydrogens (tertiary/aromatic N) is 7. The molecule has 39 heavy (non-hydrogen) atoms. The van der Waals surface area contributed by atoms with Crippen LogP contribution in [-0.2, 0) is 12.0 Å². The fourth-order valence-corrected chi connectivity index (χ4v) is 5.48. The van der Waals surface area contributed by atoms with Crippen LogP contribution in [0.1, 0.15) is 58.0 Å². The van der Waals surface area contributed by atoms with E-state index < -0.39 is 0 Å². The quantitative estimate of drug-likeness (QED) is 0.373. The van der Waals surface area contributed by atoms with Crippen molar-refractivity contribution < 1.29 is 4.79 Å². The van der Waals surface area contributed by atoms with Crippen molar-refractivity contribution in [2.24, 2.45) is 5.92 Å². The second-order valence-electron chi connectivity index (χ2n) is 11.5. The Kier molecular flexibility index (Phi) is 7.65. The molecule has 4 aromatic rings. The van der Waals surface area contributed by atoms with Crippen molar-refractivity contribution in [3.8, 4) is 0 Å². The first-order chi connectivity index (χ1) is 18.7. The summed E-state index contributed by atoms with van der Waals surface area (Å²) in [6.45, 7) is 12.1. The minimum Gasteiger partial charge on any atom is -0.337 e. The van der Waals surface area contributed by atoms with Crippen molar-refractivity contribution in [1.82, 2.24) is 39.6 Å². The second-order valence-corrected chi connectivity index (χ2v) is 11.5. The average Bonchev–Trinajstić information content (AvgIpc) is 3.51. The molecule has 0 saturated carbocycles. The zero-order valence-electron chi connectivity index (χ0n) is 23.2. The first-order valence-electron chi connectivity index (χ1n) is 13.8. The van der Waals surface area contributed by atoms with E-state index in [1.807, 2.05) is 56.3 Å². The van der Waals surface area contributed by atoms with Crippen molar-refractivity contribution in [2.45, 2.75) is 58.5 Å². The van der Waals surface area contributed by atoms with Crippen LogP contribution in [0.25, 0.3) is 11.0 Å². The first kappa shape index (κ1) is 26.8. The maximum atomic E-state index is 13.1. The van der Waals surface area contributed by atoms with Crippen LogP contribution in [0.5, 0.6) is 0 Å². The smallest absolute Gasteiger partial charge is 0.337 e. The molecule has 10 nitrogen and oxygen atoms in total. The molecule has 0 atom stereocenters. The number of fused-ring (bicyclic) bond motifs is 1. The molecule has 0 spiro atoms. The zero-order chi connectivity index (χ0) is 27.6. The highest BCUT2D eigenvalue weighted by Gasteiger charge is 2.31. The summed E-state index contributed by atoms with van der Waals surface area (Å²) in [5.74, 6) is 1.12. The predicted molar refractivity (Wildman–Crippen MR) is 151 cm³/mol. The second kappa shape index (κ2) is 11.1. The number of nitrogens with one attached hydrogen (secondary N) is 1. The number of hydrogen-bond acceptors (Lipinski definition) is 6. The third-order valence-electron chi connectivity index (χ3n) is 7.59. The minimum atomic E-state index is -0.358. The van der Waals surface area contributed by atoms with Crippen LogP contribution >= 0.6 is 0 Å². The number of para-hydroxylation sites is 2. The molecule has 0 unspecified atom stereocenters. The monoisotopic (exact) mass is 530 g/mol. The molecular weight excluding hydrogens is 492 g/mol. The van der Waals surface area contributed by atoms with Gasteiger partial charge >= 0.3 is 11.7 Å². The third kappa shape index (κ3) is 5.80. The van der Waals surface area contributed by atoms with Crippen LogP contribution in [0.15, 0.2) is 59.4 Å². The number of rotatable bonds is 8. The van der Waals surface area contributed by atoms with E-state index in [-0.39, 0.29) is 23.2 Å². The largest absolute Gasteiger partial charge is 0.337 e. The number of tetrazole rings is 1. The molecule has 5 rings (SSSR count). The number of carbonyl (C=O) groups excluding carboxylic acids is 1. The van der Waals surface area contributed by atoms with Crippen LogP contribution in [0, 0.1) is 5.92 Å². The van der Waals surface area contributed by atoms with Gasteiger partial charge in [-0.1, -0.05) is 56.3 Å². The summed E-state index contributed by atoms with van der Waals surface area (Å²) >= 11 is 0. The Morgan fingerprint density at radius 3 is 2.38 bits per heavy atom. The lowest BCUT2D eigenvalue weighted by atomic mass is 9.89. The highest BCUT2D eigenvalue weighted by Crippen LogP contribution is 2.24. The number of benzene rings is 2. The standard InChI is InChI=1S/C29H38N8O2/c1-21(2)36-24-12-8-9-13-25(24)37(28(36)39)27(38)30-18-22-14-16-34(17-15-22)20-29(3,4)26-31-33-35(32-26)19-23-10-6-5-7-11-23/h5-13,21-22H,14-20H2,1-4H3,(H,30,38). The van der Waals surface area contributed by atoms with E-state index in [9.17, 15) is 9.59 Å². The first-order valence-corrected chi connectivity index (χ1v) is 13.8. The zero-order valence-corrected chi connectivity index (χ0v) is 23.2. The normalized spacial score (nSPS) is 15.3. The predicted octanol–water partition coefficient (Wildman–Crippen LogP) is 3.67. The average molecular weight is 531 g/mol. The van der Waals surface area contributed by atoms with Gasteiger partial charge in [0.2, 0.25) is 0 Å². The van der Waals surface area contributed by atoms with Gasteiger partial charge in [0.05, 0.1) is 17.6 Å². The Labute approximate surface area is 228 Å². The lowest BCUT2D eigenvalue weighted by molar-refractivity contribution is 0.152. The van der Waals surface area contributed by atoms with Gasteiger partial charge in [-0.05, 0) is 68.6 Å². The molecule has 1 fully saturated rings. The summed E-state index contributed by atoms with van der Waals surface area (Å²) in [5, 5.41) is 16.3. The molecule has 206 valence electrons. The lowest BCUT2D eigenvalue weighted by Crippen LogP contribution is -2.45. The highest BCUT2D eigenvalue weighted by atomic mass is 16.2. The van der Waals surface area contributed by atoms with Crippen LogP contribution in [0.2, 0.25) is 0 Å². The van der Waals surface area contributed by atoms with Crippen molar-refractivity contribution in [1.29, 1.82) is 0 Å². The maximum Gasteiger partial charge on any atom is 0.337 e. The van der Waals surface area contributed by atoms with Gasteiger partial charge in [0.1, 0.15) is 0 Å². The minimum absolute atomic E-state index is 0.0337. The van der Waals surface area contributed by atoms with E-state index in [1.165, 1.54) is 4.57 Å². The van der Waals surface area contributed by atoms with Gasteiger partial charge in [-0.3, -0.25) is 4.57 Å². The summed E-state index contributed by atoms with van der Waals surface area (Å²) in [6.07, 6.45) is 1.96. The lowest BCUT2D eigenvalue weighted by Gasteiger charge is -2.36. The Morgan fingerprint density at radius 2 is 1.69 bits per heavy atom. The van der Waals surface area contributed by atoms with Crippen molar-refractivity contribution in [2.75, 3.05) is 26.2 Å². The third-order valence-corrected chi connectivity index (χ3v) is 7.59. The molecule has 3 heterocycles. The molecule has 1 aliphatic heterocycles. The Hall–Kier alpha value is -3.79. The van der Waals surface area contributed by atoms with Gasteiger partial charge in [-0.15, -0.1) is 10.2 Å². The van der Waals surface area contributed by atoms with E-state index >= 15 is 0 Å². The highest BCUT2D eigenvalue weighted by molar-refractivity contribution is 5.89. The van der Waals surface area contributed by atoms with E-state index in [0.29, 0.717) is 24.5 Å². The molecule has 2 aromatic heterocycles. The van der Waals surface area contributed by atoms with E-state index in [4.69, 9.17) is 0 Å². The summed E-state index contributed by atoms with van der Waals surface area (Å²) in [7, 11) is 0. The Bertz CT molecular complexity index is 1480. The van der Waals surface area contributed by atoms with Gasteiger partial charge < -0.3 is 10.2 Å². The van der Waals surface area contributed by atoms with E-state index in [0.717, 1.165) is 49.4 Å². The molecule has 1 N–H and O–H groups in total.